The summed E-state index contributed by atoms with van der Waals surface area (Å²) in [4.78, 5) is 2.31. The summed E-state index contributed by atoms with van der Waals surface area (Å²) < 4.78 is 179. The number of hydrogen-bond donors (Lipinski definition) is 0. The fraction of sp³-hybridized carbons (Fsp3) is 0.167. The zero-order valence-electron chi connectivity index (χ0n) is 25.0. The molecule has 0 aromatic heterocycles. The number of halogens is 12. The second kappa shape index (κ2) is 10.7. The van der Waals surface area contributed by atoms with Crippen molar-refractivity contribution in [3.05, 3.63) is 144 Å². The van der Waals surface area contributed by atoms with Gasteiger partial charge >= 0.3 is 24.7 Å². The minimum absolute atomic E-state index is 0.0150. The van der Waals surface area contributed by atoms with Gasteiger partial charge in [-0.3, -0.25) is 0 Å². The molecule has 2 aliphatic heterocycles. The van der Waals surface area contributed by atoms with E-state index in [1.165, 1.54) is 48.5 Å². The van der Waals surface area contributed by atoms with Gasteiger partial charge in [0.2, 0.25) is 10.8 Å². The standard InChI is InChI=1S/C36H20F12N2/c37-33(38,39)31(34(40,41)42)23-12-1-5-16-27(23)49(28-17-6-2-13-24(28)31)21-10-9-11-22(20-21)50-29-18-7-3-14-25(29)32(35(43,44)45,36(46,47)48)26-15-4-8-19-30(26)50/h1-20H. The van der Waals surface area contributed by atoms with E-state index in [1.807, 2.05) is 0 Å². The van der Waals surface area contributed by atoms with Gasteiger partial charge in [-0.1, -0.05) is 78.9 Å². The summed E-state index contributed by atoms with van der Waals surface area (Å²) in [5.41, 5.74) is -15.3. The molecule has 50 heavy (non-hydrogen) atoms. The van der Waals surface area contributed by atoms with Gasteiger partial charge in [0, 0.05) is 33.6 Å². The van der Waals surface area contributed by atoms with Gasteiger partial charge in [0.15, 0.2) is 0 Å². The van der Waals surface area contributed by atoms with Crippen LogP contribution in [-0.4, -0.2) is 24.7 Å². The molecule has 0 saturated carbocycles. The molecule has 2 heterocycles. The highest BCUT2D eigenvalue weighted by molar-refractivity contribution is 5.91. The molecule has 2 aliphatic rings. The monoisotopic (exact) mass is 708 g/mol. The van der Waals surface area contributed by atoms with E-state index in [0.717, 1.165) is 82.6 Å². The number of para-hydroxylation sites is 4. The van der Waals surface area contributed by atoms with Crippen LogP contribution in [0.2, 0.25) is 0 Å². The maximum atomic E-state index is 14.9. The third-order valence-electron chi connectivity index (χ3n) is 9.24. The fourth-order valence-corrected chi connectivity index (χ4v) is 7.36. The molecule has 0 saturated heterocycles. The van der Waals surface area contributed by atoms with Crippen molar-refractivity contribution in [3.63, 3.8) is 0 Å². The lowest BCUT2D eigenvalue weighted by molar-refractivity contribution is -0.290. The van der Waals surface area contributed by atoms with E-state index in [2.05, 4.69) is 0 Å². The Bertz CT molecular complexity index is 1840. The van der Waals surface area contributed by atoms with E-state index in [1.54, 1.807) is 0 Å². The summed E-state index contributed by atoms with van der Waals surface area (Å²) in [5, 5.41) is 0. The first-order valence-electron chi connectivity index (χ1n) is 14.7. The van der Waals surface area contributed by atoms with E-state index >= 15 is 0 Å². The highest BCUT2D eigenvalue weighted by Gasteiger charge is 2.76. The molecule has 0 atom stereocenters. The maximum absolute atomic E-state index is 14.9. The van der Waals surface area contributed by atoms with Crippen LogP contribution in [0.25, 0.3) is 0 Å². The van der Waals surface area contributed by atoms with Crippen LogP contribution in [0.4, 0.5) is 86.8 Å². The minimum atomic E-state index is -5.85. The lowest BCUT2D eigenvalue weighted by Gasteiger charge is -2.47. The van der Waals surface area contributed by atoms with Crippen molar-refractivity contribution < 1.29 is 52.7 Å². The number of anilines is 6. The Labute approximate surface area is 275 Å². The van der Waals surface area contributed by atoms with Crippen LogP contribution in [-0.2, 0) is 10.8 Å². The van der Waals surface area contributed by atoms with Gasteiger partial charge in [-0.25, -0.2) is 0 Å². The zero-order chi connectivity index (χ0) is 36.1. The molecule has 0 N–H and O–H groups in total. The third kappa shape index (κ3) is 4.25. The lowest BCUT2D eigenvalue weighted by Crippen LogP contribution is -2.57. The van der Waals surface area contributed by atoms with E-state index in [-0.39, 0.29) is 11.4 Å². The summed E-state index contributed by atoms with van der Waals surface area (Å²) in [7, 11) is 0. The number of nitrogens with zero attached hydrogens (tertiary/aromatic N) is 2. The van der Waals surface area contributed by atoms with Gasteiger partial charge < -0.3 is 9.80 Å². The van der Waals surface area contributed by atoms with Crippen LogP contribution >= 0.6 is 0 Å². The van der Waals surface area contributed by atoms with Crippen LogP contribution in [0.1, 0.15) is 22.3 Å². The first kappa shape index (κ1) is 33.4. The van der Waals surface area contributed by atoms with Crippen molar-refractivity contribution in [1.82, 2.24) is 0 Å². The molecule has 7 rings (SSSR count). The molecule has 5 aromatic carbocycles. The topological polar surface area (TPSA) is 6.48 Å². The first-order valence-corrected chi connectivity index (χ1v) is 14.7. The van der Waals surface area contributed by atoms with Crippen LogP contribution in [0.5, 0.6) is 0 Å². The molecule has 14 heteroatoms. The number of fused-ring (bicyclic) bond motifs is 4. The van der Waals surface area contributed by atoms with Crippen molar-refractivity contribution in [2.24, 2.45) is 0 Å². The Balaban J connectivity index is 1.49. The van der Waals surface area contributed by atoms with Crippen molar-refractivity contribution >= 4 is 34.1 Å². The molecule has 0 spiro atoms. The van der Waals surface area contributed by atoms with Gasteiger partial charge in [0.25, 0.3) is 0 Å². The molecule has 0 fully saturated rings. The van der Waals surface area contributed by atoms with Crippen LogP contribution < -0.4 is 9.80 Å². The predicted octanol–water partition coefficient (Wildman–Crippen LogP) is 12.1. The van der Waals surface area contributed by atoms with E-state index < -0.39 is 80.5 Å². The number of rotatable bonds is 2. The summed E-state index contributed by atoms with van der Waals surface area (Å²) in [6.45, 7) is 0. The third-order valence-corrected chi connectivity index (χ3v) is 9.24. The number of benzene rings is 5. The lowest BCUT2D eigenvalue weighted by atomic mass is 9.69. The molecule has 5 aromatic rings. The average molecular weight is 709 g/mol. The Morgan fingerprint density at radius 1 is 0.320 bits per heavy atom. The Morgan fingerprint density at radius 3 is 0.800 bits per heavy atom. The summed E-state index contributed by atoms with van der Waals surface area (Å²) in [5.74, 6) is 0. The normalized spacial score (nSPS) is 16.6. The maximum Gasteiger partial charge on any atom is 0.411 e. The Morgan fingerprint density at radius 2 is 0.560 bits per heavy atom. The van der Waals surface area contributed by atoms with Gasteiger partial charge in [-0.2, -0.15) is 52.7 Å². The molecule has 0 unspecified atom stereocenters. The van der Waals surface area contributed by atoms with E-state index in [0.29, 0.717) is 0 Å². The fourth-order valence-electron chi connectivity index (χ4n) is 7.36. The molecule has 0 amide bonds. The largest absolute Gasteiger partial charge is 0.411 e. The molecule has 2 nitrogen and oxygen atoms in total. The summed E-state index contributed by atoms with van der Waals surface area (Å²) in [6.07, 6.45) is -23.4. The zero-order valence-corrected chi connectivity index (χ0v) is 25.0. The van der Waals surface area contributed by atoms with Crippen LogP contribution in [0.3, 0.4) is 0 Å². The average Bonchev–Trinajstić information content (AvgIpc) is 3.03. The second-order valence-corrected chi connectivity index (χ2v) is 11.8. The highest BCUT2D eigenvalue weighted by atomic mass is 19.4. The predicted molar refractivity (Wildman–Crippen MR) is 162 cm³/mol. The van der Waals surface area contributed by atoms with Crippen molar-refractivity contribution in [3.8, 4) is 0 Å². The molecule has 0 bridgehead atoms. The highest BCUT2D eigenvalue weighted by Crippen LogP contribution is 2.66. The van der Waals surface area contributed by atoms with Crippen molar-refractivity contribution in [2.45, 2.75) is 35.5 Å². The van der Waals surface area contributed by atoms with Gasteiger partial charge in [0.05, 0.1) is 22.7 Å². The number of alkyl halides is 12. The minimum Gasteiger partial charge on any atom is -0.310 e. The second-order valence-electron chi connectivity index (χ2n) is 11.8. The van der Waals surface area contributed by atoms with Crippen molar-refractivity contribution in [2.75, 3.05) is 9.80 Å². The molecule has 0 aliphatic carbocycles. The van der Waals surface area contributed by atoms with E-state index in [9.17, 15) is 52.7 Å². The Kier molecular flexibility index (Phi) is 7.13. The van der Waals surface area contributed by atoms with Crippen molar-refractivity contribution in [1.29, 1.82) is 0 Å². The SMILES string of the molecule is FC(F)(F)C1(C(F)(F)F)c2ccccc2N(c2cccc(N3c4ccccc4C(C(F)(F)F)(C(F)(F)F)c4ccccc43)c2)c2ccccc21. The Hall–Kier alpha value is -5.14. The molecular weight excluding hydrogens is 688 g/mol. The first-order chi connectivity index (χ1) is 23.4. The summed E-state index contributed by atoms with van der Waals surface area (Å²) in [6, 6.07) is 21.8. The van der Waals surface area contributed by atoms with Gasteiger partial charge in [-0.15, -0.1) is 0 Å². The molecular formula is C36H20F12N2. The summed E-state index contributed by atoms with van der Waals surface area (Å²) >= 11 is 0. The van der Waals surface area contributed by atoms with E-state index in [4.69, 9.17) is 0 Å². The quantitative estimate of drug-likeness (QED) is 0.169. The molecule has 0 radical (unpaired) electrons. The van der Waals surface area contributed by atoms with Crippen LogP contribution in [0.15, 0.2) is 121 Å². The number of hydrogen-bond acceptors (Lipinski definition) is 2. The smallest absolute Gasteiger partial charge is 0.310 e. The van der Waals surface area contributed by atoms with Gasteiger partial charge in [-0.05, 0) is 42.5 Å². The van der Waals surface area contributed by atoms with Gasteiger partial charge in [0.1, 0.15) is 0 Å². The molecule has 258 valence electrons. The van der Waals surface area contributed by atoms with Crippen LogP contribution in [0, 0.1) is 0 Å².